The maximum atomic E-state index is 11.5. The second-order valence-electron chi connectivity index (χ2n) is 11.5. The number of ether oxygens (including phenoxy) is 2. The summed E-state index contributed by atoms with van der Waals surface area (Å²) < 4.78 is 10.9. The van der Waals surface area contributed by atoms with Gasteiger partial charge in [-0.1, -0.05) is 39.2 Å². The van der Waals surface area contributed by atoms with E-state index < -0.39 is 0 Å². The highest BCUT2D eigenvalue weighted by atomic mass is 16.7. The Kier molecular flexibility index (Phi) is 7.32. The zero-order valence-electron chi connectivity index (χ0n) is 19.6. The molecule has 30 heavy (non-hydrogen) atoms. The monoisotopic (exact) mass is 418 g/mol. The van der Waals surface area contributed by atoms with Crippen LogP contribution in [0.25, 0.3) is 0 Å². The number of hydrogen-bond acceptors (Lipinski definition) is 3. The van der Waals surface area contributed by atoms with E-state index in [1.165, 1.54) is 64.2 Å². The Morgan fingerprint density at radius 2 is 1.87 bits per heavy atom. The van der Waals surface area contributed by atoms with Gasteiger partial charge in [-0.05, 0) is 98.2 Å². The Balaban J connectivity index is 1.33. The Bertz CT molecular complexity index is 576. The van der Waals surface area contributed by atoms with Crippen LogP contribution in [0.1, 0.15) is 90.9 Å². The van der Waals surface area contributed by atoms with E-state index in [9.17, 15) is 5.11 Å². The molecule has 0 spiro atoms. The fourth-order valence-electron chi connectivity index (χ4n) is 8.70. The lowest BCUT2D eigenvalue weighted by Crippen LogP contribution is -2.57. The van der Waals surface area contributed by atoms with Crippen molar-refractivity contribution in [1.29, 1.82) is 0 Å². The minimum atomic E-state index is -0.0997. The van der Waals surface area contributed by atoms with Gasteiger partial charge in [0.05, 0.1) is 12.7 Å². The molecular formula is C27H46O3. The first kappa shape index (κ1) is 22.8. The van der Waals surface area contributed by atoms with Crippen molar-refractivity contribution in [3.05, 3.63) is 12.7 Å². The van der Waals surface area contributed by atoms with Crippen LogP contribution < -0.4 is 0 Å². The fourth-order valence-corrected chi connectivity index (χ4v) is 8.70. The summed E-state index contributed by atoms with van der Waals surface area (Å²) in [5.74, 6) is 4.00. The summed E-state index contributed by atoms with van der Waals surface area (Å²) in [4.78, 5) is 0. The largest absolute Gasteiger partial charge is 0.393 e. The number of hydrogen-bond donors (Lipinski definition) is 1. The maximum Gasteiger partial charge on any atom is 0.147 e. The van der Waals surface area contributed by atoms with Crippen LogP contribution in [0.2, 0.25) is 0 Å². The third-order valence-electron chi connectivity index (χ3n) is 10.4. The van der Waals surface area contributed by atoms with Gasteiger partial charge in [0.15, 0.2) is 0 Å². The van der Waals surface area contributed by atoms with Crippen LogP contribution in [0.5, 0.6) is 0 Å². The second kappa shape index (κ2) is 9.63. The number of aliphatic hydroxyl groups is 1. The molecule has 3 heteroatoms. The minimum Gasteiger partial charge on any atom is -0.393 e. The molecule has 4 rings (SSSR count). The average Bonchev–Trinajstić information content (AvgIpc) is 3.08. The minimum absolute atomic E-state index is 0.0997. The zero-order valence-corrected chi connectivity index (χ0v) is 19.6. The SMILES string of the molecule is C=CCOCOCCCCC1CC[C@H]2C3CCC4CCCCC4(C)[C@H]3C[C@H](O)C12C. The fraction of sp³-hybridized carbons (Fsp3) is 0.926. The van der Waals surface area contributed by atoms with Crippen molar-refractivity contribution in [3.63, 3.8) is 0 Å². The number of rotatable bonds is 9. The summed E-state index contributed by atoms with van der Waals surface area (Å²) in [7, 11) is 0. The van der Waals surface area contributed by atoms with Gasteiger partial charge in [-0.25, -0.2) is 0 Å². The molecule has 0 saturated heterocycles. The van der Waals surface area contributed by atoms with E-state index in [4.69, 9.17) is 9.47 Å². The van der Waals surface area contributed by atoms with E-state index in [0.717, 1.165) is 43.1 Å². The molecule has 4 aliphatic rings. The summed E-state index contributed by atoms with van der Waals surface area (Å²) in [6.45, 7) is 10.4. The van der Waals surface area contributed by atoms with Crippen LogP contribution in [0.4, 0.5) is 0 Å². The third-order valence-corrected chi connectivity index (χ3v) is 10.4. The first-order chi connectivity index (χ1) is 14.5. The highest BCUT2D eigenvalue weighted by Crippen LogP contribution is 2.67. The van der Waals surface area contributed by atoms with Gasteiger partial charge in [-0.2, -0.15) is 0 Å². The lowest BCUT2D eigenvalue weighted by Gasteiger charge is -2.62. The normalized spacial score (nSPS) is 45.4. The summed E-state index contributed by atoms with van der Waals surface area (Å²) in [5.41, 5.74) is 0.652. The molecule has 0 aliphatic heterocycles. The zero-order chi connectivity index (χ0) is 21.2. The molecule has 0 aromatic heterocycles. The highest BCUT2D eigenvalue weighted by molar-refractivity contribution is 5.11. The Morgan fingerprint density at radius 1 is 1.00 bits per heavy atom. The molecule has 4 aliphatic carbocycles. The number of aliphatic hydroxyl groups excluding tert-OH is 1. The first-order valence-corrected chi connectivity index (χ1v) is 13.0. The van der Waals surface area contributed by atoms with Crippen molar-refractivity contribution >= 4 is 0 Å². The van der Waals surface area contributed by atoms with E-state index >= 15 is 0 Å². The van der Waals surface area contributed by atoms with Crippen LogP contribution in [-0.2, 0) is 9.47 Å². The lowest BCUT2D eigenvalue weighted by atomic mass is 9.44. The second-order valence-corrected chi connectivity index (χ2v) is 11.5. The molecule has 1 N–H and O–H groups in total. The predicted octanol–water partition coefficient (Wildman–Crippen LogP) is 6.35. The smallest absolute Gasteiger partial charge is 0.147 e. The van der Waals surface area contributed by atoms with Crippen LogP contribution in [0.15, 0.2) is 12.7 Å². The van der Waals surface area contributed by atoms with E-state index in [-0.39, 0.29) is 11.5 Å². The topological polar surface area (TPSA) is 38.7 Å². The van der Waals surface area contributed by atoms with E-state index in [1.807, 2.05) is 0 Å². The van der Waals surface area contributed by atoms with E-state index in [0.29, 0.717) is 24.7 Å². The molecular weight excluding hydrogens is 372 g/mol. The molecule has 4 fully saturated rings. The first-order valence-electron chi connectivity index (χ1n) is 13.0. The van der Waals surface area contributed by atoms with Crippen molar-refractivity contribution in [2.75, 3.05) is 20.0 Å². The van der Waals surface area contributed by atoms with Crippen molar-refractivity contribution < 1.29 is 14.6 Å². The van der Waals surface area contributed by atoms with Gasteiger partial charge < -0.3 is 14.6 Å². The molecule has 5 unspecified atom stereocenters. The molecule has 4 saturated carbocycles. The maximum absolute atomic E-state index is 11.5. The van der Waals surface area contributed by atoms with E-state index in [2.05, 4.69) is 20.4 Å². The van der Waals surface area contributed by atoms with Gasteiger partial charge in [0.25, 0.3) is 0 Å². The highest BCUT2D eigenvalue weighted by Gasteiger charge is 2.62. The summed E-state index contributed by atoms with van der Waals surface area (Å²) in [6, 6.07) is 0. The van der Waals surface area contributed by atoms with Crippen molar-refractivity contribution in [1.82, 2.24) is 0 Å². The van der Waals surface area contributed by atoms with Crippen LogP contribution >= 0.6 is 0 Å². The third kappa shape index (κ3) is 4.04. The molecule has 0 aromatic carbocycles. The van der Waals surface area contributed by atoms with Gasteiger partial charge >= 0.3 is 0 Å². The summed E-state index contributed by atoms with van der Waals surface area (Å²) in [6.07, 6.45) is 17.5. The van der Waals surface area contributed by atoms with Crippen molar-refractivity contribution in [2.24, 2.45) is 40.4 Å². The number of unbranched alkanes of at least 4 members (excludes halogenated alkanes) is 1. The molecule has 0 bridgehead atoms. The molecule has 0 aromatic rings. The van der Waals surface area contributed by atoms with Crippen LogP contribution in [0, 0.1) is 40.4 Å². The van der Waals surface area contributed by atoms with Gasteiger partial charge in [-0.3, -0.25) is 0 Å². The molecule has 0 radical (unpaired) electrons. The van der Waals surface area contributed by atoms with Gasteiger partial charge in [0, 0.05) is 6.61 Å². The van der Waals surface area contributed by atoms with Gasteiger partial charge in [0.2, 0.25) is 0 Å². The van der Waals surface area contributed by atoms with E-state index in [1.54, 1.807) is 6.08 Å². The Morgan fingerprint density at radius 3 is 2.70 bits per heavy atom. The quantitative estimate of drug-likeness (QED) is 0.269. The molecule has 172 valence electrons. The lowest BCUT2D eigenvalue weighted by molar-refractivity contribution is -0.164. The average molecular weight is 419 g/mol. The molecule has 0 amide bonds. The molecule has 0 heterocycles. The number of fused-ring (bicyclic) bond motifs is 5. The predicted molar refractivity (Wildman–Crippen MR) is 122 cm³/mol. The van der Waals surface area contributed by atoms with Gasteiger partial charge in [-0.15, -0.1) is 6.58 Å². The summed E-state index contributed by atoms with van der Waals surface area (Å²) >= 11 is 0. The standard InChI is InChI=1S/C27H46O3/c1-4-16-29-19-30-17-8-6-10-21-12-14-23-22-13-11-20-9-5-7-15-26(20,2)24(22)18-25(28)27(21,23)3/h4,20-25,28H,1,5-19H2,2-3H3/t20?,21?,22?,23-,24-,25-,26?,27?/m0/s1. The Labute approximate surface area is 185 Å². The molecule has 8 atom stereocenters. The molecule has 3 nitrogen and oxygen atoms in total. The summed E-state index contributed by atoms with van der Waals surface area (Å²) in [5, 5.41) is 11.5. The Hall–Kier alpha value is -0.380. The van der Waals surface area contributed by atoms with Crippen LogP contribution in [0.3, 0.4) is 0 Å². The van der Waals surface area contributed by atoms with Gasteiger partial charge in [0.1, 0.15) is 6.79 Å². The van der Waals surface area contributed by atoms with Crippen molar-refractivity contribution in [3.8, 4) is 0 Å². The van der Waals surface area contributed by atoms with Crippen LogP contribution in [-0.4, -0.2) is 31.2 Å². The van der Waals surface area contributed by atoms with Crippen molar-refractivity contribution in [2.45, 2.75) is 97.0 Å².